The molecule has 5 nitrogen and oxygen atoms in total. The molecule has 2 aliphatic rings. The second-order valence-corrected chi connectivity index (χ2v) is 8.09. The molecule has 19 heavy (non-hydrogen) atoms. The Kier molecular flexibility index (Phi) is 4.87. The van der Waals surface area contributed by atoms with Crippen molar-refractivity contribution in [3.63, 3.8) is 0 Å². The van der Waals surface area contributed by atoms with Crippen molar-refractivity contribution in [3.05, 3.63) is 0 Å². The molecule has 2 fully saturated rings. The van der Waals surface area contributed by atoms with E-state index in [-0.39, 0.29) is 12.1 Å². The number of hydrogen-bond acceptors (Lipinski definition) is 3. The molecule has 6 heteroatoms. The predicted molar refractivity (Wildman–Crippen MR) is 74.8 cm³/mol. The Labute approximate surface area is 116 Å². The van der Waals surface area contributed by atoms with Gasteiger partial charge in [0, 0.05) is 19.1 Å². The fourth-order valence-electron chi connectivity index (χ4n) is 3.28. The van der Waals surface area contributed by atoms with Crippen LogP contribution in [0.25, 0.3) is 0 Å². The first-order valence-corrected chi connectivity index (χ1v) is 8.76. The van der Waals surface area contributed by atoms with Gasteiger partial charge in [-0.25, -0.2) is 0 Å². The highest BCUT2D eigenvalue weighted by Crippen LogP contribution is 2.24. The van der Waals surface area contributed by atoms with Crippen molar-refractivity contribution in [2.75, 3.05) is 13.1 Å². The van der Waals surface area contributed by atoms with E-state index in [4.69, 9.17) is 0 Å². The lowest BCUT2D eigenvalue weighted by Crippen LogP contribution is -2.51. The molecule has 0 radical (unpaired) electrons. The Balaban J connectivity index is 1.94. The fraction of sp³-hybridized carbons (Fsp3) is 1.00. The van der Waals surface area contributed by atoms with E-state index in [1.807, 2.05) is 0 Å². The second kappa shape index (κ2) is 6.08. The van der Waals surface area contributed by atoms with Gasteiger partial charge in [-0.1, -0.05) is 13.8 Å². The van der Waals surface area contributed by atoms with Gasteiger partial charge in [0.05, 0.1) is 6.10 Å². The Hall–Kier alpha value is -0.170. The van der Waals surface area contributed by atoms with E-state index < -0.39 is 10.2 Å². The number of rotatable bonds is 3. The van der Waals surface area contributed by atoms with E-state index in [0.717, 1.165) is 19.3 Å². The molecule has 1 saturated carbocycles. The molecule has 1 aliphatic carbocycles. The highest BCUT2D eigenvalue weighted by molar-refractivity contribution is 7.87. The maximum Gasteiger partial charge on any atom is 0.279 e. The number of nitrogens with zero attached hydrogens (tertiary/aromatic N) is 1. The topological polar surface area (TPSA) is 69.6 Å². The summed E-state index contributed by atoms with van der Waals surface area (Å²) in [6.07, 6.45) is 3.70. The van der Waals surface area contributed by atoms with Crippen LogP contribution in [0.5, 0.6) is 0 Å². The monoisotopic (exact) mass is 290 g/mol. The first kappa shape index (κ1) is 15.2. The molecule has 0 spiro atoms. The van der Waals surface area contributed by atoms with Crippen LogP contribution in [-0.4, -0.2) is 43.1 Å². The second-order valence-electron chi connectivity index (χ2n) is 6.39. The Morgan fingerprint density at radius 2 is 1.58 bits per heavy atom. The van der Waals surface area contributed by atoms with E-state index in [0.29, 0.717) is 37.8 Å². The largest absolute Gasteiger partial charge is 0.393 e. The van der Waals surface area contributed by atoms with Crippen LogP contribution in [0.2, 0.25) is 0 Å². The van der Waals surface area contributed by atoms with Gasteiger partial charge in [0.1, 0.15) is 0 Å². The molecule has 0 bridgehead atoms. The average Bonchev–Trinajstić information content (AvgIpc) is 2.31. The van der Waals surface area contributed by atoms with Crippen LogP contribution >= 0.6 is 0 Å². The van der Waals surface area contributed by atoms with E-state index in [1.54, 1.807) is 4.31 Å². The summed E-state index contributed by atoms with van der Waals surface area (Å²) in [6.45, 7) is 5.45. The van der Waals surface area contributed by atoms with Crippen LogP contribution in [-0.2, 0) is 10.2 Å². The van der Waals surface area contributed by atoms with Gasteiger partial charge in [-0.3, -0.25) is 0 Å². The lowest BCUT2D eigenvalue weighted by Gasteiger charge is -2.35. The van der Waals surface area contributed by atoms with Gasteiger partial charge < -0.3 is 5.11 Å². The third-order valence-electron chi connectivity index (χ3n) is 4.19. The summed E-state index contributed by atoms with van der Waals surface area (Å²) in [6, 6.07) is -0.0130. The third kappa shape index (κ3) is 4.15. The van der Waals surface area contributed by atoms with Gasteiger partial charge in [-0.05, 0) is 43.9 Å². The quantitative estimate of drug-likeness (QED) is 0.818. The van der Waals surface area contributed by atoms with Crippen LogP contribution in [0, 0.1) is 11.8 Å². The Morgan fingerprint density at radius 3 is 2.11 bits per heavy atom. The maximum atomic E-state index is 12.4. The minimum absolute atomic E-state index is 0.0130. The van der Waals surface area contributed by atoms with E-state index >= 15 is 0 Å². The first-order valence-electron chi connectivity index (χ1n) is 7.32. The average molecular weight is 290 g/mol. The molecule has 2 atom stereocenters. The summed E-state index contributed by atoms with van der Waals surface area (Å²) < 4.78 is 29.2. The van der Waals surface area contributed by atoms with Crippen LogP contribution in [0.3, 0.4) is 0 Å². The molecule has 2 rings (SSSR count). The van der Waals surface area contributed by atoms with E-state index in [1.165, 1.54) is 0 Å². The van der Waals surface area contributed by atoms with Crippen LogP contribution in [0.15, 0.2) is 0 Å². The highest BCUT2D eigenvalue weighted by atomic mass is 32.2. The molecule has 112 valence electrons. The summed E-state index contributed by atoms with van der Waals surface area (Å²) in [5.41, 5.74) is 0. The smallest absolute Gasteiger partial charge is 0.279 e. The number of aliphatic hydroxyl groups is 1. The first-order chi connectivity index (χ1) is 8.87. The fourth-order valence-corrected chi connectivity index (χ4v) is 4.99. The maximum absolute atomic E-state index is 12.4. The minimum Gasteiger partial charge on any atom is -0.393 e. The van der Waals surface area contributed by atoms with Crippen molar-refractivity contribution in [1.29, 1.82) is 0 Å². The summed E-state index contributed by atoms with van der Waals surface area (Å²) >= 11 is 0. The molecule has 1 heterocycles. The minimum atomic E-state index is -3.36. The van der Waals surface area contributed by atoms with Gasteiger partial charge in [-0.15, -0.1) is 0 Å². The summed E-state index contributed by atoms with van der Waals surface area (Å²) in [4.78, 5) is 0. The van der Waals surface area contributed by atoms with E-state index in [2.05, 4.69) is 18.6 Å². The molecular weight excluding hydrogens is 264 g/mol. The molecule has 2 unspecified atom stereocenters. The van der Waals surface area contributed by atoms with Gasteiger partial charge >= 0.3 is 0 Å². The zero-order valence-electron chi connectivity index (χ0n) is 11.9. The van der Waals surface area contributed by atoms with Crippen molar-refractivity contribution in [2.24, 2.45) is 11.8 Å². The van der Waals surface area contributed by atoms with Gasteiger partial charge in [0.25, 0.3) is 10.2 Å². The summed E-state index contributed by atoms with van der Waals surface area (Å²) in [5, 5.41) is 9.46. The zero-order valence-corrected chi connectivity index (χ0v) is 12.7. The van der Waals surface area contributed by atoms with Crippen molar-refractivity contribution >= 4 is 10.2 Å². The van der Waals surface area contributed by atoms with Crippen molar-refractivity contribution in [1.82, 2.24) is 9.03 Å². The van der Waals surface area contributed by atoms with E-state index in [9.17, 15) is 13.5 Å². The Bertz CT molecular complexity index is 381. The molecule has 0 aromatic heterocycles. The molecular formula is C13H26N2O3S. The molecule has 1 aliphatic heterocycles. The van der Waals surface area contributed by atoms with Crippen LogP contribution < -0.4 is 4.72 Å². The van der Waals surface area contributed by atoms with Crippen molar-refractivity contribution in [3.8, 4) is 0 Å². The highest BCUT2D eigenvalue weighted by Gasteiger charge is 2.32. The van der Waals surface area contributed by atoms with Crippen molar-refractivity contribution in [2.45, 2.75) is 58.1 Å². The molecule has 1 saturated heterocycles. The van der Waals surface area contributed by atoms with Gasteiger partial charge in [0.2, 0.25) is 0 Å². The molecule has 0 aromatic carbocycles. The van der Waals surface area contributed by atoms with Gasteiger partial charge in [-0.2, -0.15) is 17.4 Å². The molecule has 2 N–H and O–H groups in total. The Morgan fingerprint density at radius 1 is 1.05 bits per heavy atom. The number of hydrogen-bond donors (Lipinski definition) is 2. The number of aliphatic hydroxyl groups excluding tert-OH is 1. The summed E-state index contributed by atoms with van der Waals surface area (Å²) in [5.74, 6) is 0.849. The molecule has 0 aromatic rings. The SMILES string of the molecule is CC1CC(C)CN(S(=O)(=O)NC2CCC(O)CC2)C1. The standard InChI is InChI=1S/C13H26N2O3S/c1-10-7-11(2)9-15(8-10)19(17,18)14-12-3-5-13(16)6-4-12/h10-14,16H,3-9H2,1-2H3. The number of piperidine rings is 1. The lowest BCUT2D eigenvalue weighted by molar-refractivity contribution is 0.120. The van der Waals surface area contributed by atoms with Crippen LogP contribution in [0.1, 0.15) is 46.0 Å². The zero-order chi connectivity index (χ0) is 14.0. The summed E-state index contributed by atoms with van der Waals surface area (Å²) in [7, 11) is -3.36. The molecule has 0 amide bonds. The predicted octanol–water partition coefficient (Wildman–Crippen LogP) is 1.10. The normalized spacial score (nSPS) is 38.3. The third-order valence-corrected chi connectivity index (χ3v) is 5.80. The van der Waals surface area contributed by atoms with Crippen LogP contribution in [0.4, 0.5) is 0 Å². The van der Waals surface area contributed by atoms with Crippen molar-refractivity contribution < 1.29 is 13.5 Å². The number of nitrogens with one attached hydrogen (secondary N) is 1. The van der Waals surface area contributed by atoms with Gasteiger partial charge in [0.15, 0.2) is 0 Å². The lowest BCUT2D eigenvalue weighted by atomic mass is 9.94.